The Bertz CT molecular complexity index is 1270. The first kappa shape index (κ1) is 19.0. The van der Waals surface area contributed by atoms with E-state index >= 15 is 0 Å². The summed E-state index contributed by atoms with van der Waals surface area (Å²) in [5.74, 6) is 1.22. The molecule has 0 aliphatic rings. The van der Waals surface area contributed by atoms with E-state index in [0.29, 0.717) is 22.9 Å². The number of amides is 1. The Morgan fingerprint density at radius 1 is 1.07 bits per heavy atom. The summed E-state index contributed by atoms with van der Waals surface area (Å²) in [6.07, 6.45) is 1.39. The number of ether oxygens (including phenoxy) is 2. The fourth-order valence-corrected chi connectivity index (χ4v) is 3.02. The summed E-state index contributed by atoms with van der Waals surface area (Å²) in [7, 11) is 3.01. The van der Waals surface area contributed by atoms with Gasteiger partial charge in [-0.05, 0) is 30.3 Å². The van der Waals surface area contributed by atoms with Crippen molar-refractivity contribution >= 4 is 22.6 Å². The van der Waals surface area contributed by atoms with Gasteiger partial charge in [-0.3, -0.25) is 4.79 Å². The molecule has 30 heavy (non-hydrogen) atoms. The summed E-state index contributed by atoms with van der Waals surface area (Å²) in [6, 6.07) is 18.2. The molecule has 0 atom stereocenters. The molecule has 0 radical (unpaired) electrons. The van der Waals surface area contributed by atoms with E-state index in [1.807, 2.05) is 36.4 Å². The van der Waals surface area contributed by atoms with Gasteiger partial charge < -0.3 is 14.8 Å². The summed E-state index contributed by atoms with van der Waals surface area (Å²) < 4.78 is 11.9. The SMILES string of the molecule is COc1cc(OC)cc(C(=O)Nc2c(C#N)cnn2-c2ccc3ccccc3n2)c1. The first-order valence-corrected chi connectivity index (χ1v) is 9.01. The minimum atomic E-state index is -0.439. The number of rotatable bonds is 5. The average Bonchev–Trinajstić information content (AvgIpc) is 3.20. The van der Waals surface area contributed by atoms with Crippen LogP contribution in [0.1, 0.15) is 15.9 Å². The van der Waals surface area contributed by atoms with Gasteiger partial charge in [0.2, 0.25) is 0 Å². The van der Waals surface area contributed by atoms with Gasteiger partial charge in [0.05, 0.1) is 25.9 Å². The summed E-state index contributed by atoms with van der Waals surface area (Å²) in [5.41, 5.74) is 1.31. The lowest BCUT2D eigenvalue weighted by Crippen LogP contribution is -2.16. The Balaban J connectivity index is 1.73. The molecule has 8 nitrogen and oxygen atoms in total. The number of nitrogens with zero attached hydrogens (tertiary/aromatic N) is 4. The Morgan fingerprint density at radius 2 is 1.80 bits per heavy atom. The highest BCUT2D eigenvalue weighted by Crippen LogP contribution is 2.25. The highest BCUT2D eigenvalue weighted by Gasteiger charge is 2.18. The first-order valence-electron chi connectivity index (χ1n) is 9.01. The second kappa shape index (κ2) is 7.93. The normalized spacial score (nSPS) is 10.4. The fraction of sp³-hybridized carbons (Fsp3) is 0.0909. The summed E-state index contributed by atoms with van der Waals surface area (Å²) in [5, 5.41) is 17.5. The third-order valence-corrected chi connectivity index (χ3v) is 4.54. The molecule has 0 fully saturated rings. The molecule has 4 aromatic rings. The van der Waals surface area contributed by atoms with E-state index in [4.69, 9.17) is 9.47 Å². The highest BCUT2D eigenvalue weighted by molar-refractivity contribution is 6.05. The average molecular weight is 399 g/mol. The maximum absolute atomic E-state index is 12.9. The van der Waals surface area contributed by atoms with Crippen LogP contribution in [-0.4, -0.2) is 34.9 Å². The number of benzene rings is 2. The first-order chi connectivity index (χ1) is 14.6. The quantitative estimate of drug-likeness (QED) is 0.550. The number of fused-ring (bicyclic) bond motifs is 1. The van der Waals surface area contributed by atoms with E-state index in [0.717, 1.165) is 10.9 Å². The van der Waals surface area contributed by atoms with Crippen molar-refractivity contribution in [2.45, 2.75) is 0 Å². The number of hydrogen-bond donors (Lipinski definition) is 1. The van der Waals surface area contributed by atoms with Gasteiger partial charge >= 0.3 is 0 Å². The van der Waals surface area contributed by atoms with Crippen LogP contribution in [0.25, 0.3) is 16.7 Å². The molecule has 148 valence electrons. The van der Waals surface area contributed by atoms with Gasteiger partial charge in [-0.25, -0.2) is 4.98 Å². The minimum absolute atomic E-state index is 0.216. The maximum Gasteiger partial charge on any atom is 0.257 e. The lowest BCUT2D eigenvalue weighted by atomic mass is 10.2. The predicted molar refractivity (Wildman–Crippen MR) is 111 cm³/mol. The van der Waals surface area contributed by atoms with Crippen LogP contribution in [0.3, 0.4) is 0 Å². The summed E-state index contributed by atoms with van der Waals surface area (Å²) >= 11 is 0. The van der Waals surface area contributed by atoms with Crippen molar-refractivity contribution in [3.8, 4) is 23.4 Å². The van der Waals surface area contributed by atoms with Crippen LogP contribution in [0.4, 0.5) is 5.82 Å². The molecule has 4 rings (SSSR count). The van der Waals surface area contributed by atoms with Crippen LogP contribution in [0.2, 0.25) is 0 Å². The molecule has 0 bridgehead atoms. The second-order valence-electron chi connectivity index (χ2n) is 6.35. The van der Waals surface area contributed by atoms with E-state index in [-0.39, 0.29) is 11.4 Å². The molecular weight excluding hydrogens is 382 g/mol. The van der Waals surface area contributed by atoms with Crippen molar-refractivity contribution in [2.75, 3.05) is 19.5 Å². The van der Waals surface area contributed by atoms with Crippen LogP contribution in [0, 0.1) is 11.3 Å². The van der Waals surface area contributed by atoms with E-state index in [1.54, 1.807) is 24.3 Å². The molecule has 8 heteroatoms. The summed E-state index contributed by atoms with van der Waals surface area (Å²) in [4.78, 5) is 17.5. The number of carbonyl (C=O) groups excluding carboxylic acids is 1. The number of hydrogen-bond acceptors (Lipinski definition) is 6. The topological polar surface area (TPSA) is 102 Å². The number of anilines is 1. The molecule has 2 heterocycles. The van der Waals surface area contributed by atoms with E-state index in [9.17, 15) is 10.1 Å². The molecule has 0 saturated carbocycles. The summed E-state index contributed by atoms with van der Waals surface area (Å²) in [6.45, 7) is 0. The number of nitrogens with one attached hydrogen (secondary N) is 1. The molecule has 1 amide bonds. The molecule has 0 aliphatic heterocycles. The largest absolute Gasteiger partial charge is 0.497 e. The number of aromatic nitrogens is 3. The molecule has 0 saturated heterocycles. The van der Waals surface area contributed by atoms with Gasteiger partial charge in [-0.2, -0.15) is 15.0 Å². The van der Waals surface area contributed by atoms with Crippen molar-refractivity contribution < 1.29 is 14.3 Å². The monoisotopic (exact) mass is 399 g/mol. The molecule has 0 aliphatic carbocycles. The zero-order chi connectivity index (χ0) is 21.1. The molecule has 2 aromatic heterocycles. The van der Waals surface area contributed by atoms with Crippen LogP contribution in [-0.2, 0) is 0 Å². The lowest BCUT2D eigenvalue weighted by molar-refractivity contribution is 0.102. The predicted octanol–water partition coefficient (Wildman–Crippen LogP) is 3.56. The van der Waals surface area contributed by atoms with Crippen molar-refractivity contribution in [1.82, 2.24) is 14.8 Å². The van der Waals surface area contributed by atoms with Gasteiger partial charge in [0.25, 0.3) is 5.91 Å². The van der Waals surface area contributed by atoms with E-state index < -0.39 is 5.91 Å². The Labute approximate surface area is 172 Å². The second-order valence-corrected chi connectivity index (χ2v) is 6.35. The Morgan fingerprint density at radius 3 is 2.50 bits per heavy atom. The number of methoxy groups -OCH3 is 2. The zero-order valence-corrected chi connectivity index (χ0v) is 16.3. The minimum Gasteiger partial charge on any atom is -0.497 e. The van der Waals surface area contributed by atoms with Gasteiger partial charge in [0, 0.05) is 17.0 Å². The highest BCUT2D eigenvalue weighted by atomic mass is 16.5. The Kier molecular flexibility index (Phi) is 5.01. The van der Waals surface area contributed by atoms with Gasteiger partial charge in [0.15, 0.2) is 11.6 Å². The fourth-order valence-electron chi connectivity index (χ4n) is 3.02. The molecular formula is C22H17N5O3. The van der Waals surface area contributed by atoms with Crippen molar-refractivity contribution in [2.24, 2.45) is 0 Å². The van der Waals surface area contributed by atoms with E-state index in [2.05, 4.69) is 15.4 Å². The van der Waals surface area contributed by atoms with Gasteiger partial charge in [0.1, 0.15) is 23.1 Å². The molecule has 1 N–H and O–H groups in total. The number of carbonyl (C=O) groups is 1. The number of para-hydroxylation sites is 1. The lowest BCUT2D eigenvalue weighted by Gasteiger charge is -2.11. The molecule has 0 spiro atoms. The third kappa shape index (κ3) is 3.52. The Hall–Kier alpha value is -4.38. The standard InChI is InChI=1S/C22H17N5O3/c1-29-17-9-15(10-18(11-17)30-2)22(28)26-21-16(12-23)13-24-27(21)20-8-7-14-5-3-4-6-19(14)25-20/h3-11,13H,1-2H3,(H,26,28). The van der Waals surface area contributed by atoms with Crippen molar-refractivity contribution in [3.05, 3.63) is 71.9 Å². The van der Waals surface area contributed by atoms with Crippen LogP contribution < -0.4 is 14.8 Å². The number of pyridine rings is 1. The maximum atomic E-state index is 12.9. The molecule has 0 unspecified atom stereocenters. The van der Waals surface area contributed by atoms with Crippen LogP contribution in [0.15, 0.2) is 60.8 Å². The zero-order valence-electron chi connectivity index (χ0n) is 16.3. The van der Waals surface area contributed by atoms with Crippen LogP contribution in [0.5, 0.6) is 11.5 Å². The smallest absolute Gasteiger partial charge is 0.257 e. The van der Waals surface area contributed by atoms with E-state index in [1.165, 1.54) is 25.1 Å². The van der Waals surface area contributed by atoms with Gasteiger partial charge in [-0.15, -0.1) is 0 Å². The van der Waals surface area contributed by atoms with Gasteiger partial charge in [-0.1, -0.05) is 18.2 Å². The van der Waals surface area contributed by atoms with Crippen molar-refractivity contribution in [3.63, 3.8) is 0 Å². The molecule has 2 aromatic carbocycles. The number of nitriles is 1. The third-order valence-electron chi connectivity index (χ3n) is 4.54. The van der Waals surface area contributed by atoms with Crippen LogP contribution >= 0.6 is 0 Å². The van der Waals surface area contributed by atoms with Crippen molar-refractivity contribution in [1.29, 1.82) is 5.26 Å².